The number of carbonyl (C=O) groups excluding carboxylic acids is 1. The molecular weight excluding hydrogens is 390 g/mol. The Morgan fingerprint density at radius 2 is 1.94 bits per heavy atom. The lowest BCUT2D eigenvalue weighted by Gasteiger charge is -2.50. The highest BCUT2D eigenvalue weighted by Crippen LogP contribution is 2.40. The van der Waals surface area contributed by atoms with Crippen molar-refractivity contribution in [2.45, 2.75) is 38.8 Å². The lowest BCUT2D eigenvalue weighted by Crippen LogP contribution is -2.61. The number of para-hydroxylation sites is 2. The number of rotatable bonds is 6. The molecule has 166 valence electrons. The third-order valence-corrected chi connectivity index (χ3v) is 6.69. The van der Waals surface area contributed by atoms with Gasteiger partial charge in [0.25, 0.3) is 0 Å². The molecule has 0 radical (unpaired) electrons. The van der Waals surface area contributed by atoms with Crippen LogP contribution in [0.2, 0.25) is 0 Å². The second-order valence-corrected chi connectivity index (χ2v) is 8.50. The van der Waals surface area contributed by atoms with Crippen molar-refractivity contribution in [2.75, 3.05) is 43.7 Å². The van der Waals surface area contributed by atoms with Crippen molar-refractivity contribution in [2.24, 2.45) is 5.92 Å². The Bertz CT molecular complexity index is 932. The number of ether oxygens (including phenoxy) is 2. The summed E-state index contributed by atoms with van der Waals surface area (Å²) in [5, 5.41) is 3.23. The van der Waals surface area contributed by atoms with Crippen LogP contribution in [0.1, 0.15) is 25.8 Å². The summed E-state index contributed by atoms with van der Waals surface area (Å²) < 4.78 is 11.1. The van der Waals surface area contributed by atoms with Crippen molar-refractivity contribution in [3.63, 3.8) is 0 Å². The van der Waals surface area contributed by atoms with Gasteiger partial charge < -0.3 is 24.6 Å². The van der Waals surface area contributed by atoms with Crippen LogP contribution in [-0.2, 0) is 11.2 Å². The molecule has 31 heavy (non-hydrogen) atoms. The van der Waals surface area contributed by atoms with Crippen molar-refractivity contribution >= 4 is 17.3 Å². The second-order valence-electron chi connectivity index (χ2n) is 8.50. The van der Waals surface area contributed by atoms with Gasteiger partial charge in [0.15, 0.2) is 0 Å². The summed E-state index contributed by atoms with van der Waals surface area (Å²) in [5.74, 6) is 1.77. The summed E-state index contributed by atoms with van der Waals surface area (Å²) in [5.41, 5.74) is 3.49. The maximum atomic E-state index is 13.3. The predicted molar refractivity (Wildman–Crippen MR) is 124 cm³/mol. The molecule has 0 aromatic heterocycles. The van der Waals surface area contributed by atoms with Gasteiger partial charge in [0.2, 0.25) is 5.91 Å². The maximum Gasteiger partial charge on any atom is 0.225 e. The van der Waals surface area contributed by atoms with Crippen LogP contribution in [0.3, 0.4) is 0 Å². The van der Waals surface area contributed by atoms with E-state index in [-0.39, 0.29) is 23.9 Å². The first kappa shape index (κ1) is 21.3. The van der Waals surface area contributed by atoms with Crippen molar-refractivity contribution < 1.29 is 14.3 Å². The number of carbonyl (C=O) groups is 1. The number of nitrogens with one attached hydrogen (secondary N) is 1. The molecule has 0 saturated carbocycles. The number of piperazine rings is 1. The molecule has 1 N–H and O–H groups in total. The van der Waals surface area contributed by atoms with Gasteiger partial charge in [-0.25, -0.2) is 0 Å². The molecule has 1 saturated heterocycles. The lowest BCUT2D eigenvalue weighted by atomic mass is 9.83. The minimum Gasteiger partial charge on any atom is -0.497 e. The van der Waals surface area contributed by atoms with Crippen LogP contribution in [0.15, 0.2) is 42.5 Å². The smallest absolute Gasteiger partial charge is 0.225 e. The molecule has 1 amide bonds. The van der Waals surface area contributed by atoms with Gasteiger partial charge in [-0.3, -0.25) is 4.79 Å². The van der Waals surface area contributed by atoms with Gasteiger partial charge in [0, 0.05) is 37.4 Å². The van der Waals surface area contributed by atoms with E-state index in [1.165, 1.54) is 11.3 Å². The summed E-state index contributed by atoms with van der Waals surface area (Å²) in [6, 6.07) is 14.6. The zero-order valence-electron chi connectivity index (χ0n) is 18.9. The third-order valence-electron chi connectivity index (χ3n) is 6.69. The second kappa shape index (κ2) is 9.08. The van der Waals surface area contributed by atoms with E-state index >= 15 is 0 Å². The topological polar surface area (TPSA) is 54.0 Å². The van der Waals surface area contributed by atoms with Crippen LogP contribution in [0.25, 0.3) is 0 Å². The highest BCUT2D eigenvalue weighted by Gasteiger charge is 2.42. The van der Waals surface area contributed by atoms with E-state index in [9.17, 15) is 4.79 Å². The first-order valence-electron chi connectivity index (χ1n) is 11.2. The number of hydrogen-bond acceptors (Lipinski definition) is 5. The fourth-order valence-electron chi connectivity index (χ4n) is 4.77. The van der Waals surface area contributed by atoms with Gasteiger partial charge in [0.1, 0.15) is 11.5 Å². The van der Waals surface area contributed by atoms with Crippen LogP contribution in [0.4, 0.5) is 11.4 Å². The molecule has 2 aliphatic heterocycles. The predicted octanol–water partition coefficient (Wildman–Crippen LogP) is 3.49. The molecule has 2 heterocycles. The first-order valence-corrected chi connectivity index (χ1v) is 11.2. The largest absolute Gasteiger partial charge is 0.497 e. The highest BCUT2D eigenvalue weighted by atomic mass is 16.5. The summed E-state index contributed by atoms with van der Waals surface area (Å²) in [7, 11) is 3.41. The quantitative estimate of drug-likeness (QED) is 0.771. The summed E-state index contributed by atoms with van der Waals surface area (Å²) in [6.07, 6.45) is 1.66. The zero-order valence-corrected chi connectivity index (χ0v) is 18.9. The molecule has 0 aliphatic carbocycles. The van der Waals surface area contributed by atoms with E-state index in [4.69, 9.17) is 9.47 Å². The van der Waals surface area contributed by atoms with Crippen molar-refractivity contribution in [1.82, 2.24) is 5.32 Å². The molecule has 1 fully saturated rings. The average molecular weight is 424 g/mol. The van der Waals surface area contributed by atoms with E-state index < -0.39 is 0 Å². The Balaban J connectivity index is 1.68. The van der Waals surface area contributed by atoms with E-state index in [0.29, 0.717) is 0 Å². The normalized spacial score (nSPS) is 21.0. The fourth-order valence-corrected chi connectivity index (χ4v) is 4.77. The SMILES string of the molecule is CC[C@H](C)NC(=O)[C@@H]1Cc2ccc(OC)cc2N2CCN(c3ccccc3OC)C[C@@H]12. The molecule has 2 aromatic rings. The van der Waals surface area contributed by atoms with Gasteiger partial charge in [-0.2, -0.15) is 0 Å². The number of anilines is 2. The Hall–Kier alpha value is -2.89. The van der Waals surface area contributed by atoms with Gasteiger partial charge in [-0.05, 0) is 43.5 Å². The van der Waals surface area contributed by atoms with E-state index in [2.05, 4.69) is 47.2 Å². The fraction of sp³-hybridized carbons (Fsp3) is 0.480. The minimum atomic E-state index is -0.104. The van der Waals surface area contributed by atoms with Crippen LogP contribution in [-0.4, -0.2) is 51.8 Å². The Morgan fingerprint density at radius 3 is 2.68 bits per heavy atom. The zero-order chi connectivity index (χ0) is 22.0. The molecule has 3 atom stereocenters. The minimum absolute atomic E-state index is 0.0855. The standard InChI is InChI=1S/C25H33N3O3/c1-5-17(2)26-25(29)20-14-18-10-11-19(30-3)15-22(18)28-13-12-27(16-23(20)28)21-8-6-7-9-24(21)31-4/h6-11,15,17,20,23H,5,12-14,16H2,1-4H3,(H,26,29)/t17-,20+,23-/m0/s1. The van der Waals surface area contributed by atoms with Crippen molar-refractivity contribution in [3.05, 3.63) is 48.0 Å². The summed E-state index contributed by atoms with van der Waals surface area (Å²) in [6.45, 7) is 6.65. The number of nitrogens with zero attached hydrogens (tertiary/aromatic N) is 2. The molecule has 2 aromatic carbocycles. The first-order chi connectivity index (χ1) is 15.0. The summed E-state index contributed by atoms with van der Waals surface area (Å²) in [4.78, 5) is 18.1. The number of methoxy groups -OCH3 is 2. The third kappa shape index (κ3) is 4.16. The van der Waals surface area contributed by atoms with Gasteiger partial charge in [-0.15, -0.1) is 0 Å². The van der Waals surface area contributed by atoms with Crippen LogP contribution in [0.5, 0.6) is 11.5 Å². The number of hydrogen-bond donors (Lipinski definition) is 1. The molecular formula is C25H33N3O3. The highest BCUT2D eigenvalue weighted by molar-refractivity contribution is 5.83. The summed E-state index contributed by atoms with van der Waals surface area (Å²) >= 11 is 0. The van der Waals surface area contributed by atoms with Crippen LogP contribution < -0.4 is 24.6 Å². The van der Waals surface area contributed by atoms with Crippen LogP contribution >= 0.6 is 0 Å². The Kier molecular flexibility index (Phi) is 6.25. The van der Waals surface area contributed by atoms with Crippen LogP contribution in [0, 0.1) is 5.92 Å². The number of benzene rings is 2. The molecule has 0 bridgehead atoms. The van der Waals surface area contributed by atoms with E-state index in [0.717, 1.165) is 49.7 Å². The van der Waals surface area contributed by atoms with E-state index in [1.807, 2.05) is 24.3 Å². The average Bonchev–Trinajstić information content (AvgIpc) is 2.82. The molecule has 0 unspecified atom stereocenters. The van der Waals surface area contributed by atoms with Gasteiger partial charge in [0.05, 0.1) is 31.9 Å². The van der Waals surface area contributed by atoms with E-state index in [1.54, 1.807) is 14.2 Å². The van der Waals surface area contributed by atoms with Crippen molar-refractivity contribution in [1.29, 1.82) is 0 Å². The molecule has 6 nitrogen and oxygen atoms in total. The Labute approximate surface area is 185 Å². The molecule has 2 aliphatic rings. The number of amides is 1. The Morgan fingerprint density at radius 1 is 1.13 bits per heavy atom. The lowest BCUT2D eigenvalue weighted by molar-refractivity contribution is -0.126. The molecule has 6 heteroatoms. The van der Waals surface area contributed by atoms with Gasteiger partial charge >= 0.3 is 0 Å². The number of fused-ring (bicyclic) bond motifs is 3. The van der Waals surface area contributed by atoms with Crippen molar-refractivity contribution in [3.8, 4) is 11.5 Å². The maximum absolute atomic E-state index is 13.3. The monoisotopic (exact) mass is 423 g/mol. The molecule has 4 rings (SSSR count). The molecule has 0 spiro atoms. The van der Waals surface area contributed by atoms with Gasteiger partial charge in [-0.1, -0.05) is 25.1 Å².